The summed E-state index contributed by atoms with van der Waals surface area (Å²) in [6, 6.07) is 14.5. The second-order valence-electron chi connectivity index (χ2n) is 4.40. The van der Waals surface area contributed by atoms with Gasteiger partial charge in [-0.1, -0.05) is 36.4 Å². The number of aliphatic hydroxyl groups excluding tert-OH is 1. The van der Waals surface area contributed by atoms with Gasteiger partial charge in [0.05, 0.1) is 11.5 Å². The van der Waals surface area contributed by atoms with E-state index in [1.54, 1.807) is 12.1 Å². The Bertz CT molecular complexity index is 547. The van der Waals surface area contributed by atoms with Gasteiger partial charge in [0.15, 0.2) is 0 Å². The maximum Gasteiger partial charge on any atom is 0.269 e. The van der Waals surface area contributed by atoms with E-state index >= 15 is 0 Å². The van der Waals surface area contributed by atoms with Crippen LogP contribution in [0.3, 0.4) is 0 Å². The second-order valence-corrected chi connectivity index (χ2v) is 4.40. The minimum absolute atomic E-state index is 0.0582. The number of rotatable bonds is 5. The third-order valence-electron chi connectivity index (χ3n) is 3.06. The molecule has 0 radical (unpaired) electrons. The van der Waals surface area contributed by atoms with Gasteiger partial charge in [-0.25, -0.2) is 0 Å². The maximum atomic E-state index is 10.5. The van der Waals surface area contributed by atoms with Crippen LogP contribution in [0.4, 0.5) is 5.69 Å². The number of nitro groups is 1. The number of nitro benzene ring substituents is 1. The Morgan fingerprint density at radius 3 is 1.68 bits per heavy atom. The molecule has 19 heavy (non-hydrogen) atoms. The molecule has 0 saturated carbocycles. The van der Waals surface area contributed by atoms with Gasteiger partial charge >= 0.3 is 0 Å². The number of non-ortho nitro benzene ring substituents is 1. The Labute approximate surface area is 111 Å². The van der Waals surface area contributed by atoms with Crippen molar-refractivity contribution in [3.63, 3.8) is 0 Å². The van der Waals surface area contributed by atoms with Crippen molar-refractivity contribution >= 4 is 5.69 Å². The predicted octanol–water partition coefficient (Wildman–Crippen LogP) is 2.87. The van der Waals surface area contributed by atoms with Gasteiger partial charge < -0.3 is 5.11 Å². The van der Waals surface area contributed by atoms with Crippen LogP contribution in [0.15, 0.2) is 48.5 Å². The van der Waals surface area contributed by atoms with Crippen molar-refractivity contribution in [2.75, 3.05) is 0 Å². The van der Waals surface area contributed by atoms with Crippen LogP contribution in [0.1, 0.15) is 16.7 Å². The molecular weight excluding hydrogens is 242 g/mol. The lowest BCUT2D eigenvalue weighted by atomic mass is 10.0. The number of aliphatic hydroxyl groups is 1. The minimum atomic E-state index is -0.391. The molecule has 98 valence electrons. The molecule has 2 rings (SSSR count). The fourth-order valence-electron chi connectivity index (χ4n) is 1.88. The van der Waals surface area contributed by atoms with Crippen LogP contribution in [0.2, 0.25) is 0 Å². The average Bonchev–Trinajstić information content (AvgIpc) is 2.46. The molecule has 0 unspecified atom stereocenters. The van der Waals surface area contributed by atoms with Crippen LogP contribution in [-0.2, 0) is 19.4 Å². The molecule has 4 nitrogen and oxygen atoms in total. The maximum absolute atomic E-state index is 10.5. The van der Waals surface area contributed by atoms with Gasteiger partial charge in [-0.2, -0.15) is 0 Å². The van der Waals surface area contributed by atoms with E-state index in [0.29, 0.717) is 0 Å². The molecule has 0 aliphatic carbocycles. The van der Waals surface area contributed by atoms with Crippen molar-refractivity contribution in [3.05, 3.63) is 75.3 Å². The number of nitrogens with zero attached hydrogens (tertiary/aromatic N) is 1. The molecule has 0 aliphatic rings. The molecule has 4 heteroatoms. The average molecular weight is 257 g/mol. The summed E-state index contributed by atoms with van der Waals surface area (Å²) in [5.41, 5.74) is 3.29. The lowest BCUT2D eigenvalue weighted by Crippen LogP contribution is -1.93. The van der Waals surface area contributed by atoms with Crippen molar-refractivity contribution in [2.24, 2.45) is 0 Å². The molecule has 2 aromatic carbocycles. The lowest BCUT2D eigenvalue weighted by Gasteiger charge is -2.03. The largest absolute Gasteiger partial charge is 0.392 e. The number of aryl methyl sites for hydroxylation is 2. The van der Waals surface area contributed by atoms with Crippen molar-refractivity contribution < 1.29 is 10.0 Å². The first-order valence-electron chi connectivity index (χ1n) is 6.11. The number of hydrogen-bond acceptors (Lipinski definition) is 3. The van der Waals surface area contributed by atoms with Crippen LogP contribution in [0, 0.1) is 10.1 Å². The number of hydrogen-bond donors (Lipinski definition) is 1. The van der Waals surface area contributed by atoms with Crippen molar-refractivity contribution in [1.29, 1.82) is 0 Å². The lowest BCUT2D eigenvalue weighted by molar-refractivity contribution is -0.384. The first-order chi connectivity index (χ1) is 9.19. The summed E-state index contributed by atoms with van der Waals surface area (Å²) in [6.07, 6.45) is 1.72. The van der Waals surface area contributed by atoms with Crippen LogP contribution in [0.25, 0.3) is 0 Å². The summed E-state index contributed by atoms with van der Waals surface area (Å²) in [7, 11) is 0. The van der Waals surface area contributed by atoms with E-state index < -0.39 is 4.92 Å². The van der Waals surface area contributed by atoms with Crippen molar-refractivity contribution in [1.82, 2.24) is 0 Å². The van der Waals surface area contributed by atoms with E-state index in [9.17, 15) is 10.1 Å². The monoisotopic (exact) mass is 257 g/mol. The molecule has 2 aromatic rings. The Morgan fingerprint density at radius 2 is 1.26 bits per heavy atom. The van der Waals surface area contributed by atoms with Crippen LogP contribution >= 0.6 is 0 Å². The summed E-state index contributed by atoms with van der Waals surface area (Å²) >= 11 is 0. The molecule has 0 spiro atoms. The number of benzene rings is 2. The molecule has 0 aromatic heterocycles. The highest BCUT2D eigenvalue weighted by Gasteiger charge is 2.04. The van der Waals surface area contributed by atoms with E-state index in [0.717, 1.165) is 24.0 Å². The molecule has 0 bridgehead atoms. The molecule has 0 aliphatic heterocycles. The molecule has 0 atom stereocenters. The van der Waals surface area contributed by atoms with E-state index in [2.05, 4.69) is 0 Å². The Kier molecular flexibility index (Phi) is 4.26. The Morgan fingerprint density at radius 1 is 0.842 bits per heavy atom. The third-order valence-corrected chi connectivity index (χ3v) is 3.06. The van der Waals surface area contributed by atoms with Gasteiger partial charge in [-0.15, -0.1) is 0 Å². The molecular formula is C15H15NO3. The topological polar surface area (TPSA) is 63.4 Å². The van der Waals surface area contributed by atoms with Gasteiger partial charge in [0.1, 0.15) is 0 Å². The van der Waals surface area contributed by atoms with Gasteiger partial charge in [0.2, 0.25) is 0 Å². The summed E-state index contributed by atoms with van der Waals surface area (Å²) in [6.45, 7) is 0.0582. The molecule has 0 amide bonds. The van der Waals surface area contributed by atoms with Crippen molar-refractivity contribution in [3.8, 4) is 0 Å². The molecule has 0 saturated heterocycles. The van der Waals surface area contributed by atoms with Gasteiger partial charge in [0, 0.05) is 12.1 Å². The fourth-order valence-corrected chi connectivity index (χ4v) is 1.88. The second kappa shape index (κ2) is 6.11. The molecule has 1 N–H and O–H groups in total. The molecule has 0 heterocycles. The standard InChI is InChI=1S/C15H15NO3/c17-11-14-5-3-12(4-6-14)1-2-13-7-9-15(10-8-13)16(18)19/h3-10,17H,1-2,11H2. The van der Waals surface area contributed by atoms with E-state index in [-0.39, 0.29) is 12.3 Å². The van der Waals surface area contributed by atoms with E-state index in [1.165, 1.54) is 17.7 Å². The molecule has 0 fully saturated rings. The highest BCUT2D eigenvalue weighted by molar-refractivity contribution is 5.33. The van der Waals surface area contributed by atoms with Crippen LogP contribution < -0.4 is 0 Å². The van der Waals surface area contributed by atoms with Gasteiger partial charge in [-0.3, -0.25) is 10.1 Å². The van der Waals surface area contributed by atoms with E-state index in [4.69, 9.17) is 5.11 Å². The summed E-state index contributed by atoms with van der Waals surface area (Å²) in [5, 5.41) is 19.5. The van der Waals surface area contributed by atoms with E-state index in [1.807, 2.05) is 24.3 Å². The van der Waals surface area contributed by atoms with Crippen LogP contribution in [0.5, 0.6) is 0 Å². The smallest absolute Gasteiger partial charge is 0.269 e. The summed E-state index contributed by atoms with van der Waals surface area (Å²) in [4.78, 5) is 10.1. The SMILES string of the molecule is O=[N+]([O-])c1ccc(CCc2ccc(CO)cc2)cc1. The Hall–Kier alpha value is -2.20. The zero-order chi connectivity index (χ0) is 13.7. The first-order valence-corrected chi connectivity index (χ1v) is 6.11. The highest BCUT2D eigenvalue weighted by Crippen LogP contribution is 2.14. The first kappa shape index (κ1) is 13.2. The predicted molar refractivity (Wildman–Crippen MR) is 72.9 cm³/mol. The fraction of sp³-hybridized carbons (Fsp3) is 0.200. The third kappa shape index (κ3) is 3.63. The zero-order valence-corrected chi connectivity index (χ0v) is 10.5. The van der Waals surface area contributed by atoms with Crippen molar-refractivity contribution in [2.45, 2.75) is 19.4 Å². The summed E-state index contributed by atoms with van der Waals surface area (Å²) < 4.78 is 0. The van der Waals surface area contributed by atoms with Crippen LogP contribution in [-0.4, -0.2) is 10.0 Å². The zero-order valence-electron chi connectivity index (χ0n) is 10.5. The van der Waals surface area contributed by atoms with Gasteiger partial charge in [-0.05, 0) is 29.5 Å². The minimum Gasteiger partial charge on any atom is -0.392 e. The highest BCUT2D eigenvalue weighted by atomic mass is 16.6. The summed E-state index contributed by atoms with van der Waals surface area (Å²) in [5.74, 6) is 0. The Balaban J connectivity index is 1.95. The normalized spacial score (nSPS) is 10.4. The quantitative estimate of drug-likeness (QED) is 0.661. The van der Waals surface area contributed by atoms with Gasteiger partial charge in [0.25, 0.3) is 5.69 Å².